The normalized spacial score (nSPS) is 16.0. The average molecular weight is 232 g/mol. The molecule has 0 aromatic heterocycles. The molecule has 1 unspecified atom stereocenters. The van der Waals surface area contributed by atoms with Crippen molar-refractivity contribution in [3.8, 4) is 0 Å². The van der Waals surface area contributed by atoms with Gasteiger partial charge in [-0.25, -0.2) is 0 Å². The molecular weight excluding hydrogens is 204 g/mol. The Morgan fingerprint density at radius 3 is 1.93 bits per heavy atom. The van der Waals surface area contributed by atoms with Gasteiger partial charge in [0.05, 0.1) is 0 Å². The Bertz CT molecular complexity index is 155. The van der Waals surface area contributed by atoms with Crippen LogP contribution >= 0.6 is 0 Å². The summed E-state index contributed by atoms with van der Waals surface area (Å²) in [4.78, 5) is 3.64. The molecular formula is C11H28N2OSi. The minimum Gasteiger partial charge on any atom is -0.392 e. The summed E-state index contributed by atoms with van der Waals surface area (Å²) in [6, 6.07) is 0. The van der Waals surface area contributed by atoms with Gasteiger partial charge in [-0.3, -0.25) is 4.57 Å². The van der Waals surface area contributed by atoms with Crippen molar-refractivity contribution < 1.29 is 4.43 Å². The minimum absolute atomic E-state index is 0.567. The second kappa shape index (κ2) is 7.38. The maximum absolute atomic E-state index is 6.13. The third-order valence-electron chi connectivity index (χ3n) is 2.81. The van der Waals surface area contributed by atoms with E-state index in [9.17, 15) is 0 Å². The number of hydrogen-bond donors (Lipinski definition) is 1. The van der Waals surface area contributed by atoms with Gasteiger partial charge in [0.15, 0.2) is 0 Å². The lowest BCUT2D eigenvalue weighted by atomic mass is 10.6. The number of nitrogens with zero attached hydrogens (tertiary/aromatic N) is 1. The number of hydrogen-bond acceptors (Lipinski definition) is 3. The first-order valence-corrected chi connectivity index (χ1v) is 8.16. The molecule has 0 saturated heterocycles. The lowest BCUT2D eigenvalue weighted by Crippen LogP contribution is -2.68. The van der Waals surface area contributed by atoms with E-state index in [0.717, 1.165) is 26.2 Å². The van der Waals surface area contributed by atoms with Gasteiger partial charge in [-0.1, -0.05) is 34.6 Å². The van der Waals surface area contributed by atoms with Crippen molar-refractivity contribution in [1.82, 2.24) is 9.55 Å². The first-order chi connectivity index (χ1) is 7.08. The largest absolute Gasteiger partial charge is 0.392 e. The quantitative estimate of drug-likeness (QED) is 0.650. The first-order valence-electron chi connectivity index (χ1n) is 6.22. The SMILES string of the molecule is CCN[Si](OCC)(C(C)C)N(CC)CC. The van der Waals surface area contributed by atoms with Gasteiger partial charge in [0.2, 0.25) is 0 Å². The van der Waals surface area contributed by atoms with Crippen molar-refractivity contribution in [2.24, 2.45) is 0 Å². The van der Waals surface area contributed by atoms with Crippen molar-refractivity contribution in [3.05, 3.63) is 0 Å². The van der Waals surface area contributed by atoms with E-state index in [4.69, 9.17) is 4.43 Å². The minimum atomic E-state index is -1.92. The molecule has 0 fully saturated rings. The van der Waals surface area contributed by atoms with E-state index in [0.29, 0.717) is 5.54 Å². The Morgan fingerprint density at radius 2 is 1.67 bits per heavy atom. The zero-order chi connectivity index (χ0) is 11.9. The van der Waals surface area contributed by atoms with Crippen molar-refractivity contribution >= 4 is 8.64 Å². The van der Waals surface area contributed by atoms with E-state index in [2.05, 4.69) is 51.1 Å². The van der Waals surface area contributed by atoms with Crippen LogP contribution in [0.4, 0.5) is 0 Å². The smallest absolute Gasteiger partial charge is 0.357 e. The molecule has 15 heavy (non-hydrogen) atoms. The number of nitrogens with one attached hydrogen (secondary N) is 1. The molecule has 4 heteroatoms. The summed E-state index contributed by atoms with van der Waals surface area (Å²) < 4.78 is 8.62. The molecule has 0 aromatic rings. The molecule has 0 amide bonds. The van der Waals surface area contributed by atoms with Crippen molar-refractivity contribution in [3.63, 3.8) is 0 Å². The fourth-order valence-corrected chi connectivity index (χ4v) is 6.02. The number of rotatable bonds is 8. The molecule has 0 aromatic carbocycles. The van der Waals surface area contributed by atoms with Crippen molar-refractivity contribution in [2.75, 3.05) is 26.2 Å². The second-order valence-electron chi connectivity index (χ2n) is 3.99. The third kappa shape index (κ3) is 3.55. The van der Waals surface area contributed by atoms with Crippen LogP contribution in [0, 0.1) is 0 Å². The van der Waals surface area contributed by atoms with Crippen LogP contribution in [0.25, 0.3) is 0 Å². The summed E-state index contributed by atoms with van der Waals surface area (Å²) in [6.45, 7) is 17.1. The van der Waals surface area contributed by atoms with Gasteiger partial charge in [0.1, 0.15) is 0 Å². The van der Waals surface area contributed by atoms with Gasteiger partial charge in [-0.2, -0.15) is 0 Å². The highest BCUT2D eigenvalue weighted by molar-refractivity contribution is 6.69. The topological polar surface area (TPSA) is 24.5 Å². The van der Waals surface area contributed by atoms with Crippen LogP contribution in [0.3, 0.4) is 0 Å². The standard InChI is InChI=1S/C11H28N2OSi/c1-7-12-15(11(5)6,14-10-4)13(8-2)9-3/h11-12H,7-10H2,1-6H3. The third-order valence-corrected chi connectivity index (χ3v) is 7.54. The van der Waals surface area contributed by atoms with E-state index >= 15 is 0 Å². The van der Waals surface area contributed by atoms with E-state index in [-0.39, 0.29) is 0 Å². The van der Waals surface area contributed by atoms with Gasteiger partial charge in [-0.15, -0.1) is 0 Å². The molecule has 0 aliphatic rings. The zero-order valence-corrected chi connectivity index (χ0v) is 12.3. The molecule has 0 spiro atoms. The van der Waals surface area contributed by atoms with Crippen LogP contribution in [-0.4, -0.2) is 39.4 Å². The molecule has 3 nitrogen and oxygen atoms in total. The van der Waals surface area contributed by atoms with Gasteiger partial charge < -0.3 is 9.41 Å². The molecule has 1 atom stereocenters. The molecule has 0 radical (unpaired) electrons. The highest BCUT2D eigenvalue weighted by Gasteiger charge is 2.43. The summed E-state index contributed by atoms with van der Waals surface area (Å²) >= 11 is 0. The molecule has 0 aliphatic carbocycles. The molecule has 0 saturated carbocycles. The van der Waals surface area contributed by atoms with Crippen LogP contribution < -0.4 is 4.98 Å². The predicted octanol–water partition coefficient (Wildman–Crippen LogP) is 2.32. The van der Waals surface area contributed by atoms with E-state index < -0.39 is 8.64 Å². The van der Waals surface area contributed by atoms with Gasteiger partial charge >= 0.3 is 8.64 Å². The molecule has 0 bridgehead atoms. The lowest BCUT2D eigenvalue weighted by Gasteiger charge is -2.42. The predicted molar refractivity (Wildman–Crippen MR) is 69.1 cm³/mol. The molecule has 0 heterocycles. The van der Waals surface area contributed by atoms with Crippen LogP contribution in [0.2, 0.25) is 5.54 Å². The Balaban J connectivity index is 4.89. The molecule has 92 valence electrons. The molecule has 0 rings (SSSR count). The van der Waals surface area contributed by atoms with E-state index in [1.54, 1.807) is 0 Å². The Morgan fingerprint density at radius 1 is 1.13 bits per heavy atom. The Hall–Kier alpha value is 0.0969. The van der Waals surface area contributed by atoms with Crippen molar-refractivity contribution in [2.45, 2.75) is 47.1 Å². The van der Waals surface area contributed by atoms with Gasteiger partial charge in [-0.05, 0) is 26.6 Å². The highest BCUT2D eigenvalue weighted by atomic mass is 28.4. The summed E-state index contributed by atoms with van der Waals surface area (Å²) in [5.74, 6) is 0. The molecule has 1 N–H and O–H groups in total. The summed E-state index contributed by atoms with van der Waals surface area (Å²) in [6.07, 6.45) is 0. The van der Waals surface area contributed by atoms with Crippen LogP contribution in [0.15, 0.2) is 0 Å². The monoisotopic (exact) mass is 232 g/mol. The van der Waals surface area contributed by atoms with E-state index in [1.807, 2.05) is 0 Å². The Kier molecular flexibility index (Phi) is 7.43. The maximum Gasteiger partial charge on any atom is 0.357 e. The second-order valence-corrected chi connectivity index (χ2v) is 7.81. The maximum atomic E-state index is 6.13. The fourth-order valence-electron chi connectivity index (χ4n) is 2.16. The first kappa shape index (κ1) is 15.1. The summed E-state index contributed by atoms with van der Waals surface area (Å²) in [5, 5.41) is 0. The van der Waals surface area contributed by atoms with E-state index in [1.165, 1.54) is 0 Å². The highest BCUT2D eigenvalue weighted by Crippen LogP contribution is 2.23. The zero-order valence-electron chi connectivity index (χ0n) is 11.3. The van der Waals surface area contributed by atoms with Gasteiger partial charge in [0, 0.05) is 12.1 Å². The van der Waals surface area contributed by atoms with Gasteiger partial charge in [0.25, 0.3) is 0 Å². The van der Waals surface area contributed by atoms with Crippen LogP contribution in [-0.2, 0) is 4.43 Å². The summed E-state index contributed by atoms with van der Waals surface area (Å²) in [7, 11) is -1.92. The van der Waals surface area contributed by atoms with Crippen LogP contribution in [0.5, 0.6) is 0 Å². The van der Waals surface area contributed by atoms with Crippen LogP contribution in [0.1, 0.15) is 41.5 Å². The molecule has 0 aliphatic heterocycles. The van der Waals surface area contributed by atoms with Crippen molar-refractivity contribution in [1.29, 1.82) is 0 Å². The Labute approximate surface area is 96.5 Å². The average Bonchev–Trinajstić information content (AvgIpc) is 2.19. The fraction of sp³-hybridized carbons (Fsp3) is 1.00. The summed E-state index contributed by atoms with van der Waals surface area (Å²) in [5.41, 5.74) is 0.567. The lowest BCUT2D eigenvalue weighted by molar-refractivity contribution is 0.231.